The summed E-state index contributed by atoms with van der Waals surface area (Å²) in [7, 11) is 3.99. The van der Waals surface area contributed by atoms with Gasteiger partial charge in [0.2, 0.25) is 0 Å². The summed E-state index contributed by atoms with van der Waals surface area (Å²) in [5, 5.41) is 19.4. The molecule has 0 heterocycles. The first-order chi connectivity index (χ1) is 7.54. The summed E-state index contributed by atoms with van der Waals surface area (Å²) < 4.78 is 0. The van der Waals surface area contributed by atoms with Gasteiger partial charge in [-0.2, -0.15) is 0 Å². The zero-order valence-electron chi connectivity index (χ0n) is 10.7. The number of hydrogen-bond donors (Lipinski definition) is 3. The summed E-state index contributed by atoms with van der Waals surface area (Å²) in [6.07, 6.45) is 2.16. The van der Waals surface area contributed by atoms with Gasteiger partial charge in [-0.1, -0.05) is 6.92 Å². The second kappa shape index (κ2) is 14.3. The highest BCUT2D eigenvalue weighted by atomic mass is 16.4. The van der Waals surface area contributed by atoms with E-state index in [2.05, 4.69) is 10.2 Å². The number of rotatable bonds is 8. The summed E-state index contributed by atoms with van der Waals surface area (Å²) in [6, 6.07) is 0. The van der Waals surface area contributed by atoms with Crippen LogP contribution in [0.4, 0.5) is 0 Å². The highest BCUT2D eigenvalue weighted by Crippen LogP contribution is 1.78. The van der Waals surface area contributed by atoms with E-state index in [0.29, 0.717) is 13.2 Å². The van der Waals surface area contributed by atoms with Crippen molar-refractivity contribution in [1.82, 2.24) is 10.2 Å². The zero-order chi connectivity index (χ0) is 12.8. The molecule has 0 saturated heterocycles. The fourth-order valence-electron chi connectivity index (χ4n) is 0.884. The minimum Gasteiger partial charge on any atom is -0.481 e. The smallest absolute Gasteiger partial charge is 0.304 e. The molecule has 0 radical (unpaired) electrons. The van der Waals surface area contributed by atoms with Crippen molar-refractivity contribution >= 4 is 5.97 Å². The van der Waals surface area contributed by atoms with Gasteiger partial charge in [-0.3, -0.25) is 4.79 Å². The molecule has 5 nitrogen and oxygen atoms in total. The maximum Gasteiger partial charge on any atom is 0.304 e. The van der Waals surface area contributed by atoms with Crippen LogP contribution in [0.25, 0.3) is 0 Å². The molecule has 0 saturated carbocycles. The van der Waals surface area contributed by atoms with Crippen LogP contribution in [0.5, 0.6) is 0 Å². The number of carboxylic acids is 1. The molecule has 0 aliphatic carbocycles. The summed E-state index contributed by atoms with van der Waals surface area (Å²) in [6.45, 7) is 4.83. The predicted molar refractivity (Wildman–Crippen MR) is 65.7 cm³/mol. The van der Waals surface area contributed by atoms with Crippen LogP contribution in [-0.4, -0.2) is 61.4 Å². The van der Waals surface area contributed by atoms with Gasteiger partial charge in [-0.25, -0.2) is 0 Å². The van der Waals surface area contributed by atoms with Gasteiger partial charge in [0.15, 0.2) is 0 Å². The summed E-state index contributed by atoms with van der Waals surface area (Å²) >= 11 is 0. The fraction of sp³-hybridized carbons (Fsp3) is 0.909. The first-order valence-electron chi connectivity index (χ1n) is 5.72. The molecule has 0 atom stereocenters. The Hall–Kier alpha value is -0.650. The van der Waals surface area contributed by atoms with E-state index in [1.807, 2.05) is 21.0 Å². The fourth-order valence-corrected chi connectivity index (χ4v) is 0.884. The Labute approximate surface area is 98.5 Å². The Bertz CT molecular complexity index is 152. The Morgan fingerprint density at radius 3 is 2.25 bits per heavy atom. The van der Waals surface area contributed by atoms with Gasteiger partial charge in [-0.15, -0.1) is 0 Å². The number of nitrogens with zero attached hydrogens (tertiary/aromatic N) is 1. The number of aliphatic carboxylic acids is 1. The molecule has 0 amide bonds. The molecule has 0 unspecified atom stereocenters. The number of carboxylic acid groups (broad SMARTS) is 1. The van der Waals surface area contributed by atoms with Gasteiger partial charge in [0.05, 0.1) is 6.42 Å². The third-order valence-corrected chi connectivity index (χ3v) is 1.71. The first kappa shape index (κ1) is 17.7. The quantitative estimate of drug-likeness (QED) is 0.530. The van der Waals surface area contributed by atoms with E-state index in [4.69, 9.17) is 10.2 Å². The van der Waals surface area contributed by atoms with Gasteiger partial charge < -0.3 is 20.4 Å². The van der Waals surface area contributed by atoms with Crippen molar-refractivity contribution in [2.45, 2.75) is 26.2 Å². The molecule has 0 aromatic carbocycles. The van der Waals surface area contributed by atoms with Crippen LogP contribution in [0.15, 0.2) is 0 Å². The van der Waals surface area contributed by atoms with Crippen molar-refractivity contribution in [3.8, 4) is 0 Å². The Morgan fingerprint density at radius 1 is 1.31 bits per heavy atom. The van der Waals surface area contributed by atoms with Crippen molar-refractivity contribution in [1.29, 1.82) is 0 Å². The largest absolute Gasteiger partial charge is 0.481 e. The Morgan fingerprint density at radius 2 is 1.94 bits per heavy atom. The minimum atomic E-state index is -0.737. The van der Waals surface area contributed by atoms with Crippen LogP contribution in [-0.2, 0) is 4.79 Å². The SMILES string of the molecule is CCCNCCC(=O)O.CN(C)CCCO. The van der Waals surface area contributed by atoms with Crippen LogP contribution in [0.2, 0.25) is 0 Å². The summed E-state index contributed by atoms with van der Waals surface area (Å²) in [5.74, 6) is -0.737. The first-order valence-corrected chi connectivity index (χ1v) is 5.72. The molecular formula is C11H26N2O3. The number of carbonyl (C=O) groups is 1. The second-order valence-electron chi connectivity index (χ2n) is 3.77. The third-order valence-electron chi connectivity index (χ3n) is 1.71. The standard InChI is InChI=1S/C6H13NO2.C5H13NO/c1-2-4-7-5-3-6(8)9;1-6(2)4-3-5-7/h7H,2-5H2,1H3,(H,8,9);7H,3-5H2,1-2H3. The van der Waals surface area contributed by atoms with Gasteiger partial charge in [-0.05, 0) is 40.0 Å². The van der Waals surface area contributed by atoms with Crippen molar-refractivity contribution in [2.24, 2.45) is 0 Å². The normalized spacial score (nSPS) is 9.81. The van der Waals surface area contributed by atoms with Crippen LogP contribution < -0.4 is 5.32 Å². The average Bonchev–Trinajstić information content (AvgIpc) is 2.22. The van der Waals surface area contributed by atoms with Crippen molar-refractivity contribution in [2.75, 3.05) is 40.3 Å². The molecule has 0 aliphatic rings. The summed E-state index contributed by atoms with van der Waals surface area (Å²) in [5.41, 5.74) is 0. The Kier molecular flexibility index (Phi) is 15.9. The molecule has 3 N–H and O–H groups in total. The highest BCUT2D eigenvalue weighted by Gasteiger charge is 1.92. The molecule has 0 spiro atoms. The molecule has 5 heteroatoms. The maximum atomic E-state index is 9.92. The molecular weight excluding hydrogens is 208 g/mol. The third kappa shape index (κ3) is 23.3. The van der Waals surface area contributed by atoms with E-state index in [-0.39, 0.29) is 6.42 Å². The molecule has 0 rings (SSSR count). The number of aliphatic hydroxyl groups is 1. The van der Waals surface area contributed by atoms with E-state index < -0.39 is 5.97 Å². The van der Waals surface area contributed by atoms with E-state index in [9.17, 15) is 4.79 Å². The monoisotopic (exact) mass is 234 g/mol. The van der Waals surface area contributed by atoms with Crippen LogP contribution in [0.3, 0.4) is 0 Å². The lowest BCUT2D eigenvalue weighted by Gasteiger charge is -2.05. The molecule has 0 bridgehead atoms. The van der Waals surface area contributed by atoms with Crippen LogP contribution >= 0.6 is 0 Å². The van der Waals surface area contributed by atoms with Crippen LogP contribution in [0, 0.1) is 0 Å². The lowest BCUT2D eigenvalue weighted by Crippen LogP contribution is -2.18. The molecule has 0 aromatic heterocycles. The lowest BCUT2D eigenvalue weighted by molar-refractivity contribution is -0.136. The van der Waals surface area contributed by atoms with Crippen molar-refractivity contribution < 1.29 is 15.0 Å². The molecule has 0 aromatic rings. The second-order valence-corrected chi connectivity index (χ2v) is 3.77. The zero-order valence-corrected chi connectivity index (χ0v) is 10.7. The van der Waals surface area contributed by atoms with Gasteiger partial charge in [0.25, 0.3) is 0 Å². The number of hydrogen-bond acceptors (Lipinski definition) is 4. The molecule has 0 aliphatic heterocycles. The Balaban J connectivity index is 0. The molecule has 0 fully saturated rings. The van der Waals surface area contributed by atoms with Crippen LogP contribution in [0.1, 0.15) is 26.2 Å². The molecule has 16 heavy (non-hydrogen) atoms. The summed E-state index contributed by atoms with van der Waals surface area (Å²) in [4.78, 5) is 12.0. The van der Waals surface area contributed by atoms with Gasteiger partial charge in [0.1, 0.15) is 0 Å². The number of aliphatic hydroxyl groups excluding tert-OH is 1. The van der Waals surface area contributed by atoms with Gasteiger partial charge in [0, 0.05) is 13.2 Å². The van der Waals surface area contributed by atoms with Gasteiger partial charge >= 0.3 is 5.97 Å². The topological polar surface area (TPSA) is 72.8 Å². The maximum absolute atomic E-state index is 9.92. The van der Waals surface area contributed by atoms with Crippen molar-refractivity contribution in [3.63, 3.8) is 0 Å². The number of nitrogens with one attached hydrogen (secondary N) is 1. The molecule has 98 valence electrons. The highest BCUT2D eigenvalue weighted by molar-refractivity contribution is 5.66. The minimum absolute atomic E-state index is 0.222. The predicted octanol–water partition coefficient (Wildman–Crippen LogP) is 0.391. The lowest BCUT2D eigenvalue weighted by atomic mass is 10.4. The van der Waals surface area contributed by atoms with Crippen molar-refractivity contribution in [3.05, 3.63) is 0 Å². The van der Waals surface area contributed by atoms with E-state index in [0.717, 1.165) is 25.9 Å². The van der Waals surface area contributed by atoms with E-state index >= 15 is 0 Å². The van der Waals surface area contributed by atoms with E-state index in [1.54, 1.807) is 0 Å². The van der Waals surface area contributed by atoms with E-state index in [1.165, 1.54) is 0 Å². The average molecular weight is 234 g/mol.